The average molecular weight is 317 g/mol. The highest BCUT2D eigenvalue weighted by atomic mass is 32.2. The van der Waals surface area contributed by atoms with Crippen LogP contribution in [0.25, 0.3) is 0 Å². The maximum Gasteiger partial charge on any atom is 0.148 e. The summed E-state index contributed by atoms with van der Waals surface area (Å²) in [7, 11) is -1.22. The lowest BCUT2D eigenvalue weighted by atomic mass is 10.1. The third-order valence-corrected chi connectivity index (χ3v) is 4.99. The fourth-order valence-electron chi connectivity index (χ4n) is 1.72. The van der Waals surface area contributed by atoms with Crippen LogP contribution in [0.3, 0.4) is 0 Å². The summed E-state index contributed by atoms with van der Waals surface area (Å²) in [5, 5.41) is 3.29. The molecule has 0 radical (unpaired) electrons. The molecule has 0 bridgehead atoms. The minimum absolute atomic E-state index is 0.219. The van der Waals surface area contributed by atoms with Gasteiger partial charge in [-0.25, -0.2) is 8.42 Å². The van der Waals surface area contributed by atoms with Gasteiger partial charge in [0.1, 0.15) is 15.6 Å². The van der Waals surface area contributed by atoms with E-state index in [2.05, 4.69) is 18.3 Å². The van der Waals surface area contributed by atoms with E-state index in [9.17, 15) is 8.42 Å². The minimum atomic E-state index is -2.88. The maximum absolute atomic E-state index is 11.1. The van der Waals surface area contributed by atoms with Crippen LogP contribution in [0.2, 0.25) is 0 Å². The van der Waals surface area contributed by atoms with Crippen molar-refractivity contribution >= 4 is 21.6 Å². The van der Waals surface area contributed by atoms with Gasteiger partial charge in [0.2, 0.25) is 0 Å². The molecule has 0 fully saturated rings. The van der Waals surface area contributed by atoms with E-state index in [0.717, 1.165) is 30.2 Å². The molecule has 114 valence electrons. The standard InChI is InChI=1S/C14H23NO3S2/c1-4-15-10-12-5-6-14(18-2)13(9-12)11-19-7-8-20(3,16)17/h5-6,9,15H,4,7-8,10-11H2,1-3H3. The molecule has 0 saturated carbocycles. The number of nitrogens with one attached hydrogen (secondary N) is 1. The van der Waals surface area contributed by atoms with Crippen molar-refractivity contribution in [2.75, 3.05) is 31.4 Å². The molecule has 0 aliphatic heterocycles. The molecule has 0 atom stereocenters. The van der Waals surface area contributed by atoms with Gasteiger partial charge in [-0.3, -0.25) is 0 Å². The van der Waals surface area contributed by atoms with Crippen molar-refractivity contribution in [3.63, 3.8) is 0 Å². The number of hydrogen-bond donors (Lipinski definition) is 1. The van der Waals surface area contributed by atoms with E-state index in [1.807, 2.05) is 12.1 Å². The highest BCUT2D eigenvalue weighted by Crippen LogP contribution is 2.24. The first-order chi connectivity index (χ1) is 9.46. The molecule has 0 saturated heterocycles. The summed E-state index contributed by atoms with van der Waals surface area (Å²) in [6, 6.07) is 6.14. The van der Waals surface area contributed by atoms with E-state index in [0.29, 0.717) is 5.75 Å². The van der Waals surface area contributed by atoms with Gasteiger partial charge < -0.3 is 10.1 Å². The first-order valence-electron chi connectivity index (χ1n) is 6.58. The second-order valence-electron chi connectivity index (χ2n) is 4.61. The van der Waals surface area contributed by atoms with Gasteiger partial charge in [-0.15, -0.1) is 0 Å². The van der Waals surface area contributed by atoms with Crippen LogP contribution in [0.15, 0.2) is 18.2 Å². The molecule has 20 heavy (non-hydrogen) atoms. The zero-order valence-electron chi connectivity index (χ0n) is 12.3. The summed E-state index contributed by atoms with van der Waals surface area (Å²) in [5.74, 6) is 2.45. The number of benzene rings is 1. The second-order valence-corrected chi connectivity index (χ2v) is 7.97. The largest absolute Gasteiger partial charge is 0.496 e. The third-order valence-electron chi connectivity index (χ3n) is 2.78. The number of rotatable bonds is 9. The van der Waals surface area contributed by atoms with Gasteiger partial charge >= 0.3 is 0 Å². The average Bonchev–Trinajstić information content (AvgIpc) is 2.40. The van der Waals surface area contributed by atoms with Crippen LogP contribution in [-0.2, 0) is 22.1 Å². The third kappa shape index (κ3) is 6.63. The van der Waals surface area contributed by atoms with Gasteiger partial charge in [0.05, 0.1) is 12.9 Å². The smallest absolute Gasteiger partial charge is 0.148 e. The predicted octanol–water partition coefficient (Wildman–Crippen LogP) is 2.08. The molecule has 0 unspecified atom stereocenters. The topological polar surface area (TPSA) is 55.4 Å². The lowest BCUT2D eigenvalue weighted by Gasteiger charge is -2.11. The first-order valence-corrected chi connectivity index (χ1v) is 9.79. The van der Waals surface area contributed by atoms with E-state index in [-0.39, 0.29) is 5.75 Å². The van der Waals surface area contributed by atoms with Crippen LogP contribution in [-0.4, -0.2) is 39.8 Å². The number of sulfone groups is 1. The Kier molecular flexibility index (Phi) is 7.40. The number of hydrogen-bond acceptors (Lipinski definition) is 5. The molecule has 0 heterocycles. The highest BCUT2D eigenvalue weighted by Gasteiger charge is 2.06. The van der Waals surface area contributed by atoms with Crippen LogP contribution < -0.4 is 10.1 Å². The monoisotopic (exact) mass is 317 g/mol. The van der Waals surface area contributed by atoms with Crippen LogP contribution in [0.4, 0.5) is 0 Å². The SMILES string of the molecule is CCNCc1ccc(OC)c(CSCCS(C)(=O)=O)c1. The predicted molar refractivity (Wildman–Crippen MR) is 86.2 cm³/mol. The molecule has 1 aromatic carbocycles. The summed E-state index contributed by atoms with van der Waals surface area (Å²) < 4.78 is 27.5. The fraction of sp³-hybridized carbons (Fsp3) is 0.571. The molecule has 6 heteroatoms. The zero-order chi connectivity index (χ0) is 15.0. The summed E-state index contributed by atoms with van der Waals surface area (Å²) >= 11 is 1.62. The Bertz CT molecular complexity index is 515. The van der Waals surface area contributed by atoms with E-state index in [4.69, 9.17) is 4.74 Å². The van der Waals surface area contributed by atoms with Crippen molar-refractivity contribution < 1.29 is 13.2 Å². The van der Waals surface area contributed by atoms with E-state index < -0.39 is 9.84 Å². The molecule has 0 spiro atoms. The van der Waals surface area contributed by atoms with Gasteiger partial charge in [-0.1, -0.05) is 13.0 Å². The quantitative estimate of drug-likeness (QED) is 0.707. The van der Waals surface area contributed by atoms with E-state index >= 15 is 0 Å². The zero-order valence-corrected chi connectivity index (χ0v) is 13.9. The Morgan fingerprint density at radius 3 is 2.70 bits per heavy atom. The van der Waals surface area contributed by atoms with Gasteiger partial charge in [0.15, 0.2) is 0 Å². The molecule has 0 amide bonds. The molecule has 1 aromatic rings. The minimum Gasteiger partial charge on any atom is -0.496 e. The number of ether oxygens (including phenoxy) is 1. The summed E-state index contributed by atoms with van der Waals surface area (Å²) in [6.45, 7) is 3.84. The van der Waals surface area contributed by atoms with Crippen molar-refractivity contribution in [1.82, 2.24) is 5.32 Å². The number of methoxy groups -OCH3 is 1. The van der Waals surface area contributed by atoms with Crippen molar-refractivity contribution in [2.24, 2.45) is 0 Å². The summed E-state index contributed by atoms with van der Waals surface area (Å²) in [5.41, 5.74) is 2.33. The highest BCUT2D eigenvalue weighted by molar-refractivity contribution is 7.99. The van der Waals surface area contributed by atoms with Crippen LogP contribution >= 0.6 is 11.8 Å². The van der Waals surface area contributed by atoms with Gasteiger partial charge in [-0.2, -0.15) is 11.8 Å². The Morgan fingerprint density at radius 2 is 2.10 bits per heavy atom. The van der Waals surface area contributed by atoms with Crippen LogP contribution in [0, 0.1) is 0 Å². The van der Waals surface area contributed by atoms with E-state index in [1.54, 1.807) is 18.9 Å². The van der Waals surface area contributed by atoms with Gasteiger partial charge in [0, 0.05) is 29.9 Å². The summed E-state index contributed by atoms with van der Waals surface area (Å²) in [6.07, 6.45) is 1.27. The Morgan fingerprint density at radius 1 is 1.35 bits per heavy atom. The normalized spacial score (nSPS) is 11.6. The fourth-order valence-corrected chi connectivity index (χ4v) is 3.99. The lowest BCUT2D eigenvalue weighted by molar-refractivity contribution is 0.411. The van der Waals surface area contributed by atoms with E-state index in [1.165, 1.54) is 11.8 Å². The molecule has 1 rings (SSSR count). The molecule has 1 N–H and O–H groups in total. The van der Waals surface area contributed by atoms with Gasteiger partial charge in [-0.05, 0) is 24.2 Å². The van der Waals surface area contributed by atoms with Crippen LogP contribution in [0.1, 0.15) is 18.1 Å². The number of thioether (sulfide) groups is 1. The van der Waals surface area contributed by atoms with Crippen molar-refractivity contribution in [3.8, 4) is 5.75 Å². The Balaban J connectivity index is 2.61. The second kappa shape index (κ2) is 8.54. The molecule has 0 aliphatic rings. The lowest BCUT2D eigenvalue weighted by Crippen LogP contribution is -2.12. The molecule has 4 nitrogen and oxygen atoms in total. The molecular formula is C14H23NO3S2. The maximum atomic E-state index is 11.1. The Hall–Kier alpha value is -0.720. The van der Waals surface area contributed by atoms with Crippen molar-refractivity contribution in [3.05, 3.63) is 29.3 Å². The van der Waals surface area contributed by atoms with Gasteiger partial charge in [0.25, 0.3) is 0 Å². The first kappa shape index (κ1) is 17.3. The Labute approximate surface area is 126 Å². The summed E-state index contributed by atoms with van der Waals surface area (Å²) in [4.78, 5) is 0. The molecule has 0 aromatic heterocycles. The van der Waals surface area contributed by atoms with Crippen molar-refractivity contribution in [1.29, 1.82) is 0 Å². The molecule has 0 aliphatic carbocycles. The van der Waals surface area contributed by atoms with Crippen LogP contribution in [0.5, 0.6) is 5.75 Å². The molecular weight excluding hydrogens is 294 g/mol. The van der Waals surface area contributed by atoms with Crippen molar-refractivity contribution in [2.45, 2.75) is 19.2 Å².